The molecule has 1 aromatic heterocycles. The Kier molecular flexibility index (Phi) is 8.87. The molecule has 0 unspecified atom stereocenters. The number of amides is 1. The first-order chi connectivity index (χ1) is 19.1. The van der Waals surface area contributed by atoms with Crippen molar-refractivity contribution in [1.29, 1.82) is 0 Å². The Morgan fingerprint density at radius 3 is 2.49 bits per heavy atom. The molecule has 39 heavy (non-hydrogen) atoms. The summed E-state index contributed by atoms with van der Waals surface area (Å²) in [5, 5.41) is 3.56. The third-order valence-corrected chi connectivity index (χ3v) is 8.39. The average Bonchev–Trinajstić information content (AvgIpc) is 3.27. The first-order valence-electron chi connectivity index (χ1n) is 14.5. The Morgan fingerprint density at radius 1 is 1.00 bits per heavy atom. The highest BCUT2D eigenvalue weighted by Crippen LogP contribution is 2.34. The summed E-state index contributed by atoms with van der Waals surface area (Å²) in [7, 11) is 1.72. The number of para-hydroxylation sites is 3. The molecule has 3 aromatic rings. The Balaban J connectivity index is 1.18. The van der Waals surface area contributed by atoms with Gasteiger partial charge in [0.05, 0.1) is 23.7 Å². The second-order valence-electron chi connectivity index (χ2n) is 10.9. The van der Waals surface area contributed by atoms with Crippen molar-refractivity contribution >= 4 is 22.6 Å². The van der Waals surface area contributed by atoms with Crippen molar-refractivity contribution in [2.45, 2.75) is 57.8 Å². The maximum atomic E-state index is 13.2. The van der Waals surface area contributed by atoms with Gasteiger partial charge in [-0.25, -0.2) is 0 Å². The Morgan fingerprint density at radius 2 is 1.74 bits per heavy atom. The van der Waals surface area contributed by atoms with Crippen LogP contribution < -0.4 is 20.4 Å². The summed E-state index contributed by atoms with van der Waals surface area (Å²) in [6.07, 6.45) is 7.72. The number of piperazine rings is 1. The SMILES string of the molecule is COc1ccccc1N1CCN(CCCNC(=O)c2cccc3c(=O)c(C)c(C4CCCCCC4)oc23)CC1. The Bertz CT molecular complexity index is 1330. The van der Waals surface area contributed by atoms with Crippen molar-refractivity contribution in [2.75, 3.05) is 51.3 Å². The van der Waals surface area contributed by atoms with E-state index in [1.54, 1.807) is 25.3 Å². The second-order valence-corrected chi connectivity index (χ2v) is 10.9. The van der Waals surface area contributed by atoms with Crippen molar-refractivity contribution in [2.24, 2.45) is 0 Å². The van der Waals surface area contributed by atoms with Gasteiger partial charge >= 0.3 is 0 Å². The molecule has 2 aliphatic rings. The second kappa shape index (κ2) is 12.7. The lowest BCUT2D eigenvalue weighted by atomic mass is 9.93. The molecule has 1 saturated heterocycles. The normalized spacial score (nSPS) is 17.2. The summed E-state index contributed by atoms with van der Waals surface area (Å²) in [5.74, 6) is 1.76. The van der Waals surface area contributed by atoms with Gasteiger partial charge in [0.2, 0.25) is 0 Å². The van der Waals surface area contributed by atoms with E-state index in [-0.39, 0.29) is 17.3 Å². The standard InChI is InChI=1S/C32H41N3O4/c1-23-29(36)25-13-9-14-26(31(25)39-30(23)24-11-5-3-4-6-12-24)32(37)33-17-10-18-34-19-21-35(22-20-34)27-15-7-8-16-28(27)38-2/h7-9,13-16,24H,3-6,10-12,17-22H2,1-2H3,(H,33,37). The number of rotatable bonds is 8. The van der Waals surface area contributed by atoms with E-state index in [2.05, 4.69) is 21.2 Å². The number of carbonyl (C=O) groups excluding carboxylic acids is 1. The van der Waals surface area contributed by atoms with Crippen LogP contribution in [0.25, 0.3) is 11.0 Å². The van der Waals surface area contributed by atoms with Crippen LogP contribution >= 0.6 is 0 Å². The van der Waals surface area contributed by atoms with Crippen molar-refractivity contribution in [3.05, 3.63) is 69.6 Å². The molecular formula is C32H41N3O4. The highest BCUT2D eigenvalue weighted by molar-refractivity contribution is 6.04. The van der Waals surface area contributed by atoms with Crippen LogP contribution in [-0.2, 0) is 0 Å². The van der Waals surface area contributed by atoms with Crippen LogP contribution in [0.15, 0.2) is 51.7 Å². The molecule has 2 fully saturated rings. The summed E-state index contributed by atoms with van der Waals surface area (Å²) in [6.45, 7) is 7.22. The molecule has 7 nitrogen and oxygen atoms in total. The number of hydrogen-bond donors (Lipinski definition) is 1. The molecular weight excluding hydrogens is 490 g/mol. The predicted octanol–water partition coefficient (Wildman–Crippen LogP) is 5.49. The van der Waals surface area contributed by atoms with Crippen molar-refractivity contribution in [3.63, 3.8) is 0 Å². The van der Waals surface area contributed by atoms with E-state index < -0.39 is 0 Å². The third-order valence-electron chi connectivity index (χ3n) is 8.39. The molecule has 1 saturated carbocycles. The van der Waals surface area contributed by atoms with E-state index in [0.29, 0.717) is 28.6 Å². The van der Waals surface area contributed by atoms with Crippen LogP contribution in [0.5, 0.6) is 5.75 Å². The molecule has 0 spiro atoms. The van der Waals surface area contributed by atoms with E-state index in [1.165, 1.54) is 12.8 Å². The quantitative estimate of drug-likeness (QED) is 0.306. The van der Waals surface area contributed by atoms with Crippen molar-refractivity contribution < 1.29 is 13.9 Å². The Hall–Kier alpha value is -3.32. The van der Waals surface area contributed by atoms with Gasteiger partial charge in [-0.05, 0) is 57.0 Å². The van der Waals surface area contributed by atoms with E-state index in [0.717, 1.165) is 82.0 Å². The first-order valence-corrected chi connectivity index (χ1v) is 14.5. The number of fused-ring (bicyclic) bond motifs is 1. The minimum atomic E-state index is -0.180. The number of carbonyl (C=O) groups is 1. The van der Waals surface area contributed by atoms with Crippen LogP contribution in [0.4, 0.5) is 5.69 Å². The van der Waals surface area contributed by atoms with Gasteiger partial charge in [0.1, 0.15) is 11.5 Å². The van der Waals surface area contributed by atoms with Gasteiger partial charge in [-0.15, -0.1) is 0 Å². The van der Waals surface area contributed by atoms with Crippen molar-refractivity contribution in [3.8, 4) is 5.75 Å². The fraction of sp³-hybridized carbons (Fsp3) is 0.500. The summed E-state index contributed by atoms with van der Waals surface area (Å²) < 4.78 is 11.9. The number of hydrogen-bond acceptors (Lipinski definition) is 6. The molecule has 1 aliphatic carbocycles. The third kappa shape index (κ3) is 6.14. The maximum Gasteiger partial charge on any atom is 0.255 e. The fourth-order valence-corrected chi connectivity index (χ4v) is 6.14. The lowest BCUT2D eigenvalue weighted by Crippen LogP contribution is -2.47. The summed E-state index contributed by atoms with van der Waals surface area (Å²) >= 11 is 0. The van der Waals surface area contributed by atoms with Gasteiger partial charge in [0.25, 0.3) is 5.91 Å². The molecule has 1 amide bonds. The maximum absolute atomic E-state index is 13.2. The van der Waals surface area contributed by atoms with Gasteiger partial charge in [-0.1, -0.05) is 43.9 Å². The molecule has 0 atom stereocenters. The zero-order valence-corrected chi connectivity index (χ0v) is 23.3. The molecule has 1 N–H and O–H groups in total. The summed E-state index contributed by atoms with van der Waals surface area (Å²) in [4.78, 5) is 31.2. The lowest BCUT2D eigenvalue weighted by molar-refractivity contribution is 0.0952. The lowest BCUT2D eigenvalue weighted by Gasteiger charge is -2.36. The van der Waals surface area contributed by atoms with Gasteiger partial charge in [0, 0.05) is 44.2 Å². The van der Waals surface area contributed by atoms with Crippen LogP contribution in [0.1, 0.15) is 72.5 Å². The van der Waals surface area contributed by atoms with Gasteiger partial charge in [-0.2, -0.15) is 0 Å². The number of methoxy groups -OCH3 is 1. The van der Waals surface area contributed by atoms with E-state index >= 15 is 0 Å². The number of nitrogens with zero attached hydrogens (tertiary/aromatic N) is 2. The van der Waals surface area contributed by atoms with Crippen LogP contribution in [0, 0.1) is 6.92 Å². The molecule has 0 radical (unpaired) electrons. The van der Waals surface area contributed by atoms with E-state index in [4.69, 9.17) is 9.15 Å². The zero-order valence-electron chi connectivity index (χ0n) is 23.3. The average molecular weight is 532 g/mol. The molecule has 2 aromatic carbocycles. The fourth-order valence-electron chi connectivity index (χ4n) is 6.14. The van der Waals surface area contributed by atoms with Gasteiger partial charge in [-0.3, -0.25) is 14.5 Å². The molecule has 208 valence electrons. The Labute approximate surface area is 231 Å². The van der Waals surface area contributed by atoms with Gasteiger partial charge in [0.15, 0.2) is 11.0 Å². The molecule has 7 heteroatoms. The largest absolute Gasteiger partial charge is 0.495 e. The molecule has 0 bridgehead atoms. The monoisotopic (exact) mass is 531 g/mol. The van der Waals surface area contributed by atoms with E-state index in [9.17, 15) is 9.59 Å². The van der Waals surface area contributed by atoms with Gasteiger partial charge < -0.3 is 19.4 Å². The van der Waals surface area contributed by atoms with Crippen LogP contribution in [0.2, 0.25) is 0 Å². The number of anilines is 1. The summed E-state index contributed by atoms with van der Waals surface area (Å²) in [6, 6.07) is 13.5. The van der Waals surface area contributed by atoms with E-state index in [1.807, 2.05) is 25.1 Å². The number of benzene rings is 2. The smallest absolute Gasteiger partial charge is 0.255 e. The van der Waals surface area contributed by atoms with Crippen LogP contribution in [-0.4, -0.2) is 57.2 Å². The minimum absolute atomic E-state index is 0.0163. The molecule has 2 heterocycles. The highest BCUT2D eigenvalue weighted by Gasteiger charge is 2.24. The molecule has 5 rings (SSSR count). The zero-order chi connectivity index (χ0) is 27.2. The first kappa shape index (κ1) is 27.3. The predicted molar refractivity (Wildman–Crippen MR) is 156 cm³/mol. The van der Waals surface area contributed by atoms with Crippen molar-refractivity contribution in [1.82, 2.24) is 10.2 Å². The van der Waals surface area contributed by atoms with Crippen LogP contribution in [0.3, 0.4) is 0 Å². The highest BCUT2D eigenvalue weighted by atomic mass is 16.5. The number of nitrogens with one attached hydrogen (secondary N) is 1. The number of ether oxygens (including phenoxy) is 1. The molecule has 1 aliphatic heterocycles. The topological polar surface area (TPSA) is 75.0 Å². The minimum Gasteiger partial charge on any atom is -0.495 e. The summed E-state index contributed by atoms with van der Waals surface area (Å²) in [5.41, 5.74) is 2.70.